The summed E-state index contributed by atoms with van der Waals surface area (Å²) >= 11 is 0. The van der Waals surface area contributed by atoms with Gasteiger partial charge in [-0.25, -0.2) is 0 Å². The summed E-state index contributed by atoms with van der Waals surface area (Å²) in [5.74, 6) is -0.314. The van der Waals surface area contributed by atoms with Crippen LogP contribution < -0.4 is 10.6 Å². The van der Waals surface area contributed by atoms with Crippen LogP contribution >= 0.6 is 0 Å². The average molecular weight is 546 g/mol. The fourth-order valence-electron chi connectivity index (χ4n) is 3.15. The number of alkyl halides is 9. The summed E-state index contributed by atoms with van der Waals surface area (Å²) in [6.07, 6.45) is -16.7. The van der Waals surface area contributed by atoms with E-state index in [1.165, 1.54) is 31.4 Å². The van der Waals surface area contributed by atoms with E-state index in [1.807, 2.05) is 0 Å². The number of ether oxygens (including phenoxy) is 1. The summed E-state index contributed by atoms with van der Waals surface area (Å²) < 4.78 is 125. The van der Waals surface area contributed by atoms with E-state index in [0.717, 1.165) is 0 Å². The van der Waals surface area contributed by atoms with Crippen molar-refractivity contribution in [3.05, 3.63) is 64.7 Å². The van der Waals surface area contributed by atoms with Gasteiger partial charge in [0.1, 0.15) is 0 Å². The average Bonchev–Trinajstić information content (AvgIpc) is 2.79. The normalized spacial score (nSPS) is 15.1. The van der Waals surface area contributed by atoms with Crippen molar-refractivity contribution >= 4 is 11.6 Å². The molecule has 0 aromatic heterocycles. The van der Waals surface area contributed by atoms with Crippen LogP contribution in [0.5, 0.6) is 0 Å². The van der Waals surface area contributed by atoms with Gasteiger partial charge in [0.25, 0.3) is 0 Å². The molecule has 2 atom stereocenters. The summed E-state index contributed by atoms with van der Waals surface area (Å²) in [5, 5.41) is 15.2. The van der Waals surface area contributed by atoms with Crippen LogP contribution in [0.3, 0.4) is 0 Å². The van der Waals surface area contributed by atoms with Gasteiger partial charge >= 0.3 is 18.5 Å². The van der Waals surface area contributed by atoms with Crippen LogP contribution in [0.2, 0.25) is 0 Å². The van der Waals surface area contributed by atoms with E-state index >= 15 is 0 Å². The number of carbonyl (C=O) groups excluding carboxylic acids is 1. The first-order valence-corrected chi connectivity index (χ1v) is 10.6. The van der Waals surface area contributed by atoms with Crippen LogP contribution in [0.15, 0.2) is 42.5 Å². The largest absolute Gasteiger partial charge is 0.423 e. The SMILES string of the molecule is CO[C@H](C)CC(=O)NCc1ccc(NC[C@@](O)(c2cc(C(F)(F)F)cc(C(F)(F)F)c2)C(F)(F)F)cc1. The zero-order valence-corrected chi connectivity index (χ0v) is 19.4. The molecular weight excluding hydrogens is 523 g/mol. The van der Waals surface area contributed by atoms with Crippen molar-refractivity contribution in [3.63, 3.8) is 0 Å². The number of anilines is 1. The lowest BCUT2D eigenvalue weighted by Crippen LogP contribution is -2.48. The number of carbonyl (C=O) groups is 1. The maximum absolute atomic E-state index is 13.8. The van der Waals surface area contributed by atoms with Gasteiger partial charge in [0, 0.05) is 19.3 Å². The number of benzene rings is 2. The van der Waals surface area contributed by atoms with Crippen molar-refractivity contribution in [1.29, 1.82) is 0 Å². The molecule has 37 heavy (non-hydrogen) atoms. The molecule has 0 bridgehead atoms. The molecule has 0 saturated carbocycles. The first-order chi connectivity index (χ1) is 16.9. The third-order valence-electron chi connectivity index (χ3n) is 5.40. The molecular formula is C23H23F9N2O3. The van der Waals surface area contributed by atoms with E-state index in [-0.39, 0.29) is 48.9 Å². The van der Waals surface area contributed by atoms with Crippen LogP contribution in [0.4, 0.5) is 45.2 Å². The molecule has 1 amide bonds. The van der Waals surface area contributed by atoms with E-state index in [0.29, 0.717) is 5.56 Å². The molecule has 0 radical (unpaired) electrons. The summed E-state index contributed by atoms with van der Waals surface area (Å²) in [6.45, 7) is 0.276. The number of halogens is 9. The van der Waals surface area contributed by atoms with Crippen molar-refractivity contribution in [3.8, 4) is 0 Å². The highest BCUT2D eigenvalue weighted by molar-refractivity contribution is 5.76. The fourth-order valence-corrected chi connectivity index (χ4v) is 3.15. The van der Waals surface area contributed by atoms with Crippen molar-refractivity contribution in [1.82, 2.24) is 5.32 Å². The molecule has 14 heteroatoms. The molecule has 206 valence electrons. The van der Waals surface area contributed by atoms with Crippen LogP contribution in [0.1, 0.15) is 35.6 Å². The Balaban J connectivity index is 2.27. The predicted octanol–water partition coefficient (Wildman–Crippen LogP) is 5.63. The minimum atomic E-state index is -5.64. The standard InChI is InChI=1S/C23H23F9N2O3/c1-13(37-2)7-19(35)33-11-14-3-5-18(6-4-14)34-12-20(36,23(30,31)32)15-8-16(21(24,25)26)10-17(9-15)22(27,28)29/h3-6,8-10,13,34,36H,7,11-12H2,1-2H3,(H,33,35)/t13-,20-/m1/s1. The molecule has 0 fully saturated rings. The molecule has 5 nitrogen and oxygen atoms in total. The van der Waals surface area contributed by atoms with Gasteiger partial charge in [-0.05, 0) is 48.4 Å². The Bertz CT molecular complexity index is 1030. The summed E-state index contributed by atoms with van der Waals surface area (Å²) in [6, 6.07) is 4.71. The van der Waals surface area contributed by atoms with E-state index in [1.54, 1.807) is 6.92 Å². The van der Waals surface area contributed by atoms with Crippen LogP contribution in [-0.2, 0) is 34.0 Å². The first kappa shape index (κ1) is 30.2. The second kappa shape index (κ2) is 11.2. The third-order valence-corrected chi connectivity index (χ3v) is 5.40. The number of methoxy groups -OCH3 is 1. The van der Waals surface area contributed by atoms with Gasteiger partial charge in [0.05, 0.1) is 30.2 Å². The van der Waals surface area contributed by atoms with Crippen molar-refractivity contribution in [2.24, 2.45) is 0 Å². The summed E-state index contributed by atoms with van der Waals surface area (Å²) in [5.41, 5.74) is -9.19. The van der Waals surface area contributed by atoms with Crippen molar-refractivity contribution in [2.45, 2.75) is 50.1 Å². The van der Waals surface area contributed by atoms with E-state index < -0.39 is 47.4 Å². The lowest BCUT2D eigenvalue weighted by atomic mass is 9.89. The lowest BCUT2D eigenvalue weighted by molar-refractivity contribution is -0.261. The van der Waals surface area contributed by atoms with Crippen molar-refractivity contribution < 1.29 is 54.2 Å². The highest BCUT2D eigenvalue weighted by Crippen LogP contribution is 2.44. The zero-order valence-electron chi connectivity index (χ0n) is 19.4. The molecule has 0 saturated heterocycles. The zero-order chi connectivity index (χ0) is 28.2. The van der Waals surface area contributed by atoms with E-state index in [2.05, 4.69) is 10.6 Å². The molecule has 0 aliphatic rings. The molecule has 2 aromatic rings. The predicted molar refractivity (Wildman–Crippen MR) is 114 cm³/mol. The highest BCUT2D eigenvalue weighted by Gasteiger charge is 2.56. The Morgan fingerprint density at radius 2 is 1.38 bits per heavy atom. The Labute approximate surface area is 205 Å². The minimum Gasteiger partial charge on any atom is -0.381 e. The summed E-state index contributed by atoms with van der Waals surface area (Å²) in [7, 11) is 1.44. The second-order valence-electron chi connectivity index (χ2n) is 8.23. The van der Waals surface area contributed by atoms with Gasteiger partial charge in [-0.1, -0.05) is 12.1 Å². The molecule has 0 heterocycles. The Kier molecular flexibility index (Phi) is 9.13. The van der Waals surface area contributed by atoms with Gasteiger partial charge in [-0.2, -0.15) is 39.5 Å². The molecule has 0 unspecified atom stereocenters. The quantitative estimate of drug-likeness (QED) is 0.357. The van der Waals surface area contributed by atoms with E-state index in [9.17, 15) is 49.4 Å². The third kappa shape index (κ3) is 7.99. The molecule has 0 spiro atoms. The van der Waals surface area contributed by atoms with Gasteiger partial charge < -0.3 is 20.5 Å². The number of aliphatic hydroxyl groups is 1. The van der Waals surface area contributed by atoms with E-state index in [4.69, 9.17) is 4.74 Å². The van der Waals surface area contributed by atoms with Gasteiger partial charge in [0.15, 0.2) is 0 Å². The molecule has 0 aliphatic heterocycles. The van der Waals surface area contributed by atoms with Crippen LogP contribution in [0, 0.1) is 0 Å². The first-order valence-electron chi connectivity index (χ1n) is 10.6. The molecule has 3 N–H and O–H groups in total. The molecule has 2 aromatic carbocycles. The Morgan fingerprint density at radius 3 is 1.81 bits per heavy atom. The van der Waals surface area contributed by atoms with Crippen LogP contribution in [0.25, 0.3) is 0 Å². The topological polar surface area (TPSA) is 70.6 Å². The maximum Gasteiger partial charge on any atom is 0.423 e. The lowest BCUT2D eigenvalue weighted by Gasteiger charge is -2.32. The van der Waals surface area contributed by atoms with Crippen LogP contribution in [-0.4, -0.2) is 36.9 Å². The smallest absolute Gasteiger partial charge is 0.381 e. The fraction of sp³-hybridized carbons (Fsp3) is 0.435. The number of rotatable bonds is 9. The maximum atomic E-state index is 13.8. The number of amides is 1. The van der Waals surface area contributed by atoms with Gasteiger partial charge in [0.2, 0.25) is 11.5 Å². The Morgan fingerprint density at radius 1 is 0.892 bits per heavy atom. The van der Waals surface area contributed by atoms with Gasteiger partial charge in [-0.3, -0.25) is 4.79 Å². The van der Waals surface area contributed by atoms with Crippen molar-refractivity contribution in [2.75, 3.05) is 19.0 Å². The second-order valence-corrected chi connectivity index (χ2v) is 8.23. The monoisotopic (exact) mass is 546 g/mol. The van der Waals surface area contributed by atoms with Gasteiger partial charge in [-0.15, -0.1) is 0 Å². The number of nitrogens with one attached hydrogen (secondary N) is 2. The number of hydrogen-bond donors (Lipinski definition) is 3. The Hall–Kier alpha value is -3.00. The minimum absolute atomic E-state index is 0.0197. The summed E-state index contributed by atoms with van der Waals surface area (Å²) in [4.78, 5) is 11.8. The molecule has 2 rings (SSSR count). The number of hydrogen-bond acceptors (Lipinski definition) is 4. The highest BCUT2D eigenvalue weighted by atomic mass is 19.4. The molecule has 0 aliphatic carbocycles.